The van der Waals surface area contributed by atoms with Crippen LogP contribution in [0.25, 0.3) is 0 Å². The lowest BCUT2D eigenvalue weighted by Gasteiger charge is -2.02. The van der Waals surface area contributed by atoms with Gasteiger partial charge in [0.2, 0.25) is 0 Å². The number of Topliss-reactive ketones (excluding diaryl/α,β-unsaturated/α-hetero) is 1. The van der Waals surface area contributed by atoms with Gasteiger partial charge in [0, 0.05) is 23.8 Å². The molecule has 0 unspecified atom stereocenters. The second-order valence-electron chi connectivity index (χ2n) is 3.43. The van der Waals surface area contributed by atoms with Crippen molar-refractivity contribution in [3.05, 3.63) is 58.9 Å². The van der Waals surface area contributed by atoms with Gasteiger partial charge in [-0.2, -0.15) is 0 Å². The lowest BCUT2D eigenvalue weighted by molar-refractivity contribution is 0.0986. The van der Waals surface area contributed by atoms with Gasteiger partial charge < -0.3 is 0 Å². The van der Waals surface area contributed by atoms with E-state index < -0.39 is 5.82 Å². The van der Waals surface area contributed by atoms with Crippen LogP contribution in [0.4, 0.5) is 4.39 Å². The van der Waals surface area contributed by atoms with Crippen molar-refractivity contribution in [3.8, 4) is 0 Å². The first kappa shape index (κ1) is 11.7. The fourth-order valence-electron chi connectivity index (χ4n) is 1.39. The fraction of sp³-hybridized carbons (Fsp3) is 0.0833. The van der Waals surface area contributed by atoms with Crippen molar-refractivity contribution in [3.63, 3.8) is 0 Å². The summed E-state index contributed by atoms with van der Waals surface area (Å²) in [7, 11) is 0. The van der Waals surface area contributed by atoms with Crippen molar-refractivity contribution in [1.82, 2.24) is 9.97 Å². The Balaban J connectivity index is 2.22. The van der Waals surface area contributed by atoms with Gasteiger partial charge in [0.25, 0.3) is 0 Å². The number of hydrogen-bond donors (Lipinski definition) is 0. The molecule has 0 N–H and O–H groups in total. The van der Waals surface area contributed by atoms with Gasteiger partial charge in [-0.3, -0.25) is 9.78 Å². The summed E-state index contributed by atoms with van der Waals surface area (Å²) >= 11 is 5.74. The van der Waals surface area contributed by atoms with E-state index in [0.717, 1.165) is 0 Å². The Morgan fingerprint density at radius 1 is 1.35 bits per heavy atom. The van der Waals surface area contributed by atoms with Crippen LogP contribution >= 0.6 is 11.6 Å². The van der Waals surface area contributed by atoms with Gasteiger partial charge in [0.1, 0.15) is 11.5 Å². The van der Waals surface area contributed by atoms with E-state index in [0.29, 0.717) is 5.02 Å². The van der Waals surface area contributed by atoms with Crippen molar-refractivity contribution >= 4 is 17.4 Å². The molecule has 0 fully saturated rings. The zero-order chi connectivity index (χ0) is 12.3. The predicted molar refractivity (Wildman–Crippen MR) is 61.5 cm³/mol. The summed E-state index contributed by atoms with van der Waals surface area (Å²) < 4.78 is 13.4. The summed E-state index contributed by atoms with van der Waals surface area (Å²) in [5.41, 5.74) is 0.472. The van der Waals surface area contributed by atoms with Crippen LogP contribution in [0.15, 0.2) is 36.8 Å². The average molecular weight is 251 g/mol. The maximum Gasteiger partial charge on any atom is 0.187 e. The Labute approximate surface area is 102 Å². The highest BCUT2D eigenvalue weighted by Gasteiger charge is 2.12. The summed E-state index contributed by atoms with van der Waals surface area (Å²) in [6, 6.07) is 4.11. The molecule has 1 heterocycles. The zero-order valence-electron chi connectivity index (χ0n) is 8.73. The molecule has 0 spiro atoms. The molecule has 0 radical (unpaired) electrons. The molecule has 0 amide bonds. The molecule has 0 aliphatic rings. The second-order valence-corrected chi connectivity index (χ2v) is 3.86. The third-order valence-corrected chi connectivity index (χ3v) is 2.44. The maximum atomic E-state index is 13.4. The first-order chi connectivity index (χ1) is 8.16. The lowest BCUT2D eigenvalue weighted by Crippen LogP contribution is -2.07. The SMILES string of the molecule is O=C(Cc1cc(Cl)ccc1F)c1cnccn1. The van der Waals surface area contributed by atoms with Crippen molar-refractivity contribution < 1.29 is 9.18 Å². The Bertz CT molecular complexity index is 545. The van der Waals surface area contributed by atoms with E-state index in [-0.39, 0.29) is 23.5 Å². The van der Waals surface area contributed by atoms with Crippen LogP contribution in [-0.4, -0.2) is 15.8 Å². The van der Waals surface area contributed by atoms with Crippen molar-refractivity contribution in [1.29, 1.82) is 0 Å². The van der Waals surface area contributed by atoms with Crippen LogP contribution in [0.1, 0.15) is 16.1 Å². The molecular weight excluding hydrogens is 243 g/mol. The fourth-order valence-corrected chi connectivity index (χ4v) is 1.58. The Morgan fingerprint density at radius 3 is 2.88 bits per heavy atom. The van der Waals surface area contributed by atoms with Crippen LogP contribution < -0.4 is 0 Å². The molecular formula is C12H8ClFN2O. The van der Waals surface area contributed by atoms with E-state index in [1.54, 1.807) is 0 Å². The van der Waals surface area contributed by atoms with Crippen LogP contribution in [0.2, 0.25) is 5.02 Å². The minimum atomic E-state index is -0.452. The number of aromatic nitrogens is 2. The summed E-state index contributed by atoms with van der Waals surface area (Å²) in [6.07, 6.45) is 4.16. The second kappa shape index (κ2) is 5.01. The van der Waals surface area contributed by atoms with Crippen molar-refractivity contribution in [2.24, 2.45) is 0 Å². The largest absolute Gasteiger partial charge is 0.292 e. The van der Waals surface area contributed by atoms with Crippen LogP contribution in [-0.2, 0) is 6.42 Å². The highest BCUT2D eigenvalue weighted by atomic mass is 35.5. The lowest BCUT2D eigenvalue weighted by atomic mass is 10.1. The maximum absolute atomic E-state index is 13.4. The zero-order valence-corrected chi connectivity index (χ0v) is 9.49. The van der Waals surface area contributed by atoms with E-state index >= 15 is 0 Å². The number of rotatable bonds is 3. The summed E-state index contributed by atoms with van der Waals surface area (Å²) in [4.78, 5) is 19.4. The van der Waals surface area contributed by atoms with E-state index in [9.17, 15) is 9.18 Å². The number of benzene rings is 1. The van der Waals surface area contributed by atoms with Crippen LogP contribution in [0, 0.1) is 5.82 Å². The molecule has 2 rings (SSSR count). The minimum absolute atomic E-state index is 0.0783. The van der Waals surface area contributed by atoms with Gasteiger partial charge >= 0.3 is 0 Å². The molecule has 0 saturated heterocycles. The topological polar surface area (TPSA) is 42.9 Å². The molecule has 0 bridgehead atoms. The van der Waals surface area contributed by atoms with Gasteiger partial charge in [-0.1, -0.05) is 11.6 Å². The Hall–Kier alpha value is -1.81. The number of carbonyl (C=O) groups is 1. The van der Waals surface area contributed by atoms with Crippen LogP contribution in [0.5, 0.6) is 0 Å². The van der Waals surface area contributed by atoms with Gasteiger partial charge in [0.05, 0.1) is 6.20 Å². The van der Waals surface area contributed by atoms with E-state index in [1.165, 1.54) is 36.8 Å². The number of ketones is 1. The average Bonchev–Trinajstić information content (AvgIpc) is 2.35. The Kier molecular flexibility index (Phi) is 3.44. The van der Waals surface area contributed by atoms with Crippen molar-refractivity contribution in [2.75, 3.05) is 0 Å². The molecule has 0 atom stereocenters. The normalized spacial score (nSPS) is 10.2. The van der Waals surface area contributed by atoms with Gasteiger partial charge in [0.15, 0.2) is 5.78 Å². The minimum Gasteiger partial charge on any atom is -0.292 e. The number of carbonyl (C=O) groups excluding carboxylic acids is 1. The summed E-state index contributed by atoms with van der Waals surface area (Å²) in [5, 5.41) is 0.397. The molecule has 1 aromatic carbocycles. The quantitative estimate of drug-likeness (QED) is 0.787. The van der Waals surface area contributed by atoms with Gasteiger partial charge in [-0.15, -0.1) is 0 Å². The summed E-state index contributed by atoms with van der Waals surface area (Å²) in [5.74, 6) is -0.745. The molecule has 2 aromatic rings. The first-order valence-corrected chi connectivity index (χ1v) is 5.28. The monoisotopic (exact) mass is 250 g/mol. The molecule has 1 aromatic heterocycles. The van der Waals surface area contributed by atoms with Gasteiger partial charge in [-0.25, -0.2) is 9.37 Å². The van der Waals surface area contributed by atoms with Crippen molar-refractivity contribution in [2.45, 2.75) is 6.42 Å². The third-order valence-electron chi connectivity index (χ3n) is 2.21. The van der Waals surface area contributed by atoms with Gasteiger partial charge in [-0.05, 0) is 23.8 Å². The van der Waals surface area contributed by atoms with E-state index in [4.69, 9.17) is 11.6 Å². The molecule has 17 heavy (non-hydrogen) atoms. The molecule has 0 saturated carbocycles. The Morgan fingerprint density at radius 2 is 2.18 bits per heavy atom. The molecule has 0 aliphatic carbocycles. The predicted octanol–water partition coefficient (Wildman–Crippen LogP) is 2.69. The molecule has 3 nitrogen and oxygen atoms in total. The van der Waals surface area contributed by atoms with E-state index in [1.807, 2.05) is 0 Å². The molecule has 5 heteroatoms. The smallest absolute Gasteiger partial charge is 0.187 e. The highest BCUT2D eigenvalue weighted by molar-refractivity contribution is 6.30. The first-order valence-electron chi connectivity index (χ1n) is 4.90. The number of nitrogens with zero attached hydrogens (tertiary/aromatic N) is 2. The number of halogens is 2. The highest BCUT2D eigenvalue weighted by Crippen LogP contribution is 2.16. The summed E-state index contributed by atoms with van der Waals surface area (Å²) in [6.45, 7) is 0. The van der Waals surface area contributed by atoms with Crippen LogP contribution in [0.3, 0.4) is 0 Å². The van der Waals surface area contributed by atoms with E-state index in [2.05, 4.69) is 9.97 Å². The molecule has 86 valence electrons. The standard InChI is InChI=1S/C12H8ClFN2O/c13-9-1-2-10(14)8(5-9)6-12(17)11-7-15-3-4-16-11/h1-5,7H,6H2. The third kappa shape index (κ3) is 2.85. The number of hydrogen-bond acceptors (Lipinski definition) is 3. The molecule has 0 aliphatic heterocycles.